The van der Waals surface area contributed by atoms with Gasteiger partial charge in [0.2, 0.25) is 0 Å². The summed E-state index contributed by atoms with van der Waals surface area (Å²) in [5, 5.41) is 10.1. The molecule has 2 rings (SSSR count). The first kappa shape index (κ1) is 11.6. The summed E-state index contributed by atoms with van der Waals surface area (Å²) >= 11 is 0. The summed E-state index contributed by atoms with van der Waals surface area (Å²) in [6.45, 7) is 3.36. The van der Waals surface area contributed by atoms with Gasteiger partial charge in [-0.25, -0.2) is 0 Å². The van der Waals surface area contributed by atoms with Crippen molar-refractivity contribution >= 4 is 0 Å². The molecule has 1 heterocycles. The monoisotopic (exact) mass is 222 g/mol. The van der Waals surface area contributed by atoms with E-state index in [9.17, 15) is 5.11 Å². The third kappa shape index (κ3) is 2.82. The van der Waals surface area contributed by atoms with Crippen molar-refractivity contribution in [3.05, 3.63) is 35.4 Å². The summed E-state index contributed by atoms with van der Waals surface area (Å²) < 4.78 is 10.7. The van der Waals surface area contributed by atoms with Crippen LogP contribution < -0.4 is 0 Å². The second-order valence-corrected chi connectivity index (χ2v) is 4.12. The maximum atomic E-state index is 10.1. The van der Waals surface area contributed by atoms with Gasteiger partial charge in [-0.1, -0.05) is 24.3 Å². The number of benzene rings is 1. The second kappa shape index (κ2) is 5.43. The van der Waals surface area contributed by atoms with Crippen LogP contribution in [0, 0.1) is 6.92 Å². The Labute approximate surface area is 96.0 Å². The van der Waals surface area contributed by atoms with E-state index < -0.39 is 6.10 Å². The Balaban J connectivity index is 1.87. The van der Waals surface area contributed by atoms with Gasteiger partial charge in [0.25, 0.3) is 0 Å². The molecule has 1 aromatic rings. The molecular formula is C13H18O3. The molecule has 88 valence electrons. The molecule has 0 bridgehead atoms. The van der Waals surface area contributed by atoms with Gasteiger partial charge in [0.15, 0.2) is 6.29 Å². The molecule has 0 aliphatic carbocycles. The first-order valence-electron chi connectivity index (χ1n) is 5.74. The lowest BCUT2D eigenvalue weighted by molar-refractivity contribution is -0.0542. The molecule has 3 heteroatoms. The van der Waals surface area contributed by atoms with Crippen molar-refractivity contribution in [3.8, 4) is 0 Å². The second-order valence-electron chi connectivity index (χ2n) is 4.12. The number of rotatable bonds is 4. The highest BCUT2D eigenvalue weighted by molar-refractivity contribution is 5.27. The van der Waals surface area contributed by atoms with Crippen LogP contribution in [0.4, 0.5) is 0 Å². The van der Waals surface area contributed by atoms with Gasteiger partial charge in [0.1, 0.15) is 0 Å². The fourth-order valence-electron chi connectivity index (χ4n) is 1.98. The van der Waals surface area contributed by atoms with E-state index in [0.29, 0.717) is 19.6 Å². The van der Waals surface area contributed by atoms with Crippen molar-refractivity contribution < 1.29 is 14.6 Å². The smallest absolute Gasteiger partial charge is 0.157 e. The normalized spacial score (nSPS) is 18.9. The maximum absolute atomic E-state index is 10.1. The molecule has 1 unspecified atom stereocenters. The average Bonchev–Trinajstić information content (AvgIpc) is 2.79. The number of hydrogen-bond donors (Lipinski definition) is 1. The lowest BCUT2D eigenvalue weighted by atomic mass is 10.00. The molecule has 0 aromatic heterocycles. The molecule has 16 heavy (non-hydrogen) atoms. The highest BCUT2D eigenvalue weighted by Gasteiger charge is 2.18. The van der Waals surface area contributed by atoms with Crippen LogP contribution in [0.3, 0.4) is 0 Å². The molecule has 1 N–H and O–H groups in total. The highest BCUT2D eigenvalue weighted by atomic mass is 16.7. The lowest BCUT2D eigenvalue weighted by Crippen LogP contribution is -2.10. The van der Waals surface area contributed by atoms with Crippen molar-refractivity contribution in [1.29, 1.82) is 0 Å². The summed E-state index contributed by atoms with van der Waals surface area (Å²) in [5.41, 5.74) is 2.13. The molecule has 0 spiro atoms. The third-order valence-corrected chi connectivity index (χ3v) is 2.91. The van der Waals surface area contributed by atoms with Crippen LogP contribution in [0.15, 0.2) is 24.3 Å². The van der Waals surface area contributed by atoms with Gasteiger partial charge in [0, 0.05) is 6.42 Å². The first-order valence-corrected chi connectivity index (χ1v) is 5.74. The zero-order valence-corrected chi connectivity index (χ0v) is 9.56. The van der Waals surface area contributed by atoms with Gasteiger partial charge in [-0.2, -0.15) is 0 Å². The lowest BCUT2D eigenvalue weighted by Gasteiger charge is -2.15. The van der Waals surface area contributed by atoms with Crippen LogP contribution in [-0.4, -0.2) is 24.6 Å². The number of hydrogen-bond acceptors (Lipinski definition) is 3. The fraction of sp³-hybridized carbons (Fsp3) is 0.538. The van der Waals surface area contributed by atoms with E-state index in [1.165, 1.54) is 0 Å². The fourth-order valence-corrected chi connectivity index (χ4v) is 1.98. The van der Waals surface area contributed by atoms with Gasteiger partial charge in [-0.05, 0) is 24.5 Å². The Hall–Kier alpha value is -0.900. The summed E-state index contributed by atoms with van der Waals surface area (Å²) in [6.07, 6.45) is 0.873. The van der Waals surface area contributed by atoms with Crippen LogP contribution in [0.1, 0.15) is 30.1 Å². The van der Waals surface area contributed by atoms with Crippen LogP contribution in [0.25, 0.3) is 0 Å². The number of aliphatic hydroxyl groups is 1. The molecule has 1 fully saturated rings. The van der Waals surface area contributed by atoms with Gasteiger partial charge in [-0.15, -0.1) is 0 Å². The Morgan fingerprint density at radius 2 is 2.00 bits per heavy atom. The zero-order valence-electron chi connectivity index (χ0n) is 9.56. The largest absolute Gasteiger partial charge is 0.388 e. The number of ether oxygens (including phenoxy) is 2. The number of aryl methyl sites for hydroxylation is 1. The van der Waals surface area contributed by atoms with Crippen LogP contribution in [0.5, 0.6) is 0 Å². The molecule has 1 aliphatic rings. The van der Waals surface area contributed by atoms with E-state index in [0.717, 1.165) is 17.5 Å². The molecule has 0 saturated carbocycles. The summed E-state index contributed by atoms with van der Waals surface area (Å²) in [6, 6.07) is 7.92. The van der Waals surface area contributed by atoms with Gasteiger partial charge >= 0.3 is 0 Å². The third-order valence-electron chi connectivity index (χ3n) is 2.91. The SMILES string of the molecule is Cc1ccccc1C(O)CCC1OCCO1. The minimum absolute atomic E-state index is 0.126. The van der Waals surface area contributed by atoms with E-state index in [1.807, 2.05) is 31.2 Å². The van der Waals surface area contributed by atoms with Crippen molar-refractivity contribution in [2.45, 2.75) is 32.2 Å². The number of aliphatic hydroxyl groups excluding tert-OH is 1. The molecule has 1 atom stereocenters. The summed E-state index contributed by atoms with van der Waals surface area (Å²) in [7, 11) is 0. The summed E-state index contributed by atoms with van der Waals surface area (Å²) in [4.78, 5) is 0. The standard InChI is InChI=1S/C13H18O3/c1-10-4-2-3-5-11(10)12(14)6-7-13-15-8-9-16-13/h2-5,12-14H,6-9H2,1H3. The quantitative estimate of drug-likeness (QED) is 0.848. The highest BCUT2D eigenvalue weighted by Crippen LogP contribution is 2.23. The average molecular weight is 222 g/mol. The minimum atomic E-state index is -0.422. The van der Waals surface area contributed by atoms with E-state index >= 15 is 0 Å². The van der Waals surface area contributed by atoms with E-state index in [1.54, 1.807) is 0 Å². The topological polar surface area (TPSA) is 38.7 Å². The van der Waals surface area contributed by atoms with E-state index in [2.05, 4.69) is 0 Å². The minimum Gasteiger partial charge on any atom is -0.388 e. The van der Waals surface area contributed by atoms with Crippen molar-refractivity contribution in [2.75, 3.05) is 13.2 Å². The molecule has 0 radical (unpaired) electrons. The van der Waals surface area contributed by atoms with Crippen molar-refractivity contribution in [1.82, 2.24) is 0 Å². The van der Waals surface area contributed by atoms with E-state index in [-0.39, 0.29) is 6.29 Å². The Morgan fingerprint density at radius 1 is 1.31 bits per heavy atom. The Kier molecular flexibility index (Phi) is 3.93. The molecule has 3 nitrogen and oxygen atoms in total. The predicted molar refractivity (Wildman–Crippen MR) is 61.1 cm³/mol. The van der Waals surface area contributed by atoms with Gasteiger partial charge in [0.05, 0.1) is 19.3 Å². The maximum Gasteiger partial charge on any atom is 0.157 e. The molecular weight excluding hydrogens is 204 g/mol. The first-order chi connectivity index (χ1) is 7.77. The predicted octanol–water partition coefficient (Wildman–Crippen LogP) is 2.18. The molecule has 1 aromatic carbocycles. The summed E-state index contributed by atoms with van der Waals surface area (Å²) in [5.74, 6) is 0. The van der Waals surface area contributed by atoms with Crippen molar-refractivity contribution in [2.24, 2.45) is 0 Å². The Morgan fingerprint density at radius 3 is 2.69 bits per heavy atom. The molecule has 1 aliphatic heterocycles. The van der Waals surface area contributed by atoms with Gasteiger partial charge < -0.3 is 14.6 Å². The van der Waals surface area contributed by atoms with Gasteiger partial charge in [-0.3, -0.25) is 0 Å². The Bertz CT molecular complexity index is 332. The van der Waals surface area contributed by atoms with Crippen LogP contribution >= 0.6 is 0 Å². The van der Waals surface area contributed by atoms with E-state index in [4.69, 9.17) is 9.47 Å². The molecule has 1 saturated heterocycles. The van der Waals surface area contributed by atoms with Crippen molar-refractivity contribution in [3.63, 3.8) is 0 Å². The van der Waals surface area contributed by atoms with Crippen LogP contribution in [-0.2, 0) is 9.47 Å². The molecule has 0 amide bonds. The van der Waals surface area contributed by atoms with Crippen LogP contribution in [0.2, 0.25) is 0 Å². The zero-order chi connectivity index (χ0) is 11.4.